The maximum atomic E-state index is 4.85. The second-order valence-corrected chi connectivity index (χ2v) is 4.42. The normalized spacial score (nSPS) is 37.5. The summed E-state index contributed by atoms with van der Waals surface area (Å²) >= 11 is 0. The maximum Gasteiger partial charge on any atom is 0.0727 e. The Labute approximate surface area is 79.2 Å². The lowest BCUT2D eigenvalue weighted by atomic mass is 9.93. The van der Waals surface area contributed by atoms with E-state index in [9.17, 15) is 0 Å². The van der Waals surface area contributed by atoms with Gasteiger partial charge in [0.25, 0.3) is 0 Å². The summed E-state index contributed by atoms with van der Waals surface area (Å²) in [7, 11) is 0. The lowest BCUT2D eigenvalue weighted by Gasteiger charge is -2.25. The van der Waals surface area contributed by atoms with Crippen molar-refractivity contribution < 1.29 is 0 Å². The van der Waals surface area contributed by atoms with Crippen molar-refractivity contribution in [2.75, 3.05) is 0 Å². The van der Waals surface area contributed by atoms with Gasteiger partial charge < -0.3 is 0 Å². The van der Waals surface area contributed by atoms with E-state index in [2.05, 4.69) is 0 Å². The Morgan fingerprint density at radius 2 is 1.31 bits per heavy atom. The third kappa shape index (κ3) is 1.23. The molecule has 0 aromatic rings. The molecular weight excluding hydrogens is 160 g/mol. The maximum absolute atomic E-state index is 4.85. The summed E-state index contributed by atoms with van der Waals surface area (Å²) in [6.45, 7) is 0. The average Bonchev–Trinajstić information content (AvgIpc) is 2.61. The molecule has 0 N–H and O–H groups in total. The van der Waals surface area contributed by atoms with E-state index in [1.54, 1.807) is 0 Å². The van der Waals surface area contributed by atoms with E-state index in [-0.39, 0.29) is 0 Å². The van der Waals surface area contributed by atoms with Crippen molar-refractivity contribution >= 4 is 11.4 Å². The molecule has 1 heterocycles. The third-order valence-corrected chi connectivity index (χ3v) is 3.50. The highest BCUT2D eigenvalue weighted by molar-refractivity contribution is 6.43. The Bertz CT molecular complexity index is 250. The van der Waals surface area contributed by atoms with E-state index in [0.29, 0.717) is 12.1 Å². The Kier molecular flexibility index (Phi) is 1.74. The van der Waals surface area contributed by atoms with Gasteiger partial charge in [0.2, 0.25) is 0 Å². The number of rotatable bonds is 0. The van der Waals surface area contributed by atoms with Gasteiger partial charge in [0, 0.05) is 0 Å². The van der Waals surface area contributed by atoms with Gasteiger partial charge in [-0.25, -0.2) is 0 Å². The minimum atomic E-state index is 0.567. The Morgan fingerprint density at radius 1 is 0.769 bits per heavy atom. The van der Waals surface area contributed by atoms with E-state index in [4.69, 9.17) is 9.98 Å². The average molecular weight is 176 g/mol. The second-order valence-electron chi connectivity index (χ2n) is 4.42. The number of aliphatic imine (C=N–C) groups is 2. The van der Waals surface area contributed by atoms with E-state index in [1.807, 2.05) is 0 Å². The van der Waals surface area contributed by atoms with Crippen LogP contribution >= 0.6 is 0 Å². The minimum absolute atomic E-state index is 0.567. The molecule has 70 valence electrons. The summed E-state index contributed by atoms with van der Waals surface area (Å²) in [5, 5.41) is 0. The van der Waals surface area contributed by atoms with Gasteiger partial charge in [0.05, 0.1) is 23.5 Å². The van der Waals surface area contributed by atoms with E-state index in [0.717, 1.165) is 0 Å². The molecule has 13 heavy (non-hydrogen) atoms. The van der Waals surface area contributed by atoms with Gasteiger partial charge in [-0.15, -0.1) is 0 Å². The van der Waals surface area contributed by atoms with Crippen LogP contribution in [0, 0.1) is 0 Å². The number of nitrogens with zero attached hydrogens (tertiary/aromatic N) is 2. The highest BCUT2D eigenvalue weighted by Crippen LogP contribution is 2.30. The molecule has 1 aliphatic heterocycles. The van der Waals surface area contributed by atoms with Crippen molar-refractivity contribution in [2.24, 2.45) is 9.98 Å². The Balaban J connectivity index is 1.91. The molecule has 3 rings (SSSR count). The number of hydrogen-bond donors (Lipinski definition) is 0. The molecular formula is C11H16N2. The van der Waals surface area contributed by atoms with Crippen LogP contribution in [0.4, 0.5) is 0 Å². The Morgan fingerprint density at radius 3 is 1.85 bits per heavy atom. The zero-order chi connectivity index (χ0) is 8.67. The zero-order valence-corrected chi connectivity index (χ0v) is 8.00. The molecule has 2 aliphatic carbocycles. The monoisotopic (exact) mass is 176 g/mol. The van der Waals surface area contributed by atoms with Crippen LogP contribution in [-0.2, 0) is 0 Å². The molecule has 0 radical (unpaired) electrons. The summed E-state index contributed by atoms with van der Waals surface area (Å²) in [5.74, 6) is 0. The van der Waals surface area contributed by atoms with Gasteiger partial charge in [-0.3, -0.25) is 9.98 Å². The van der Waals surface area contributed by atoms with Crippen LogP contribution in [0.1, 0.15) is 44.9 Å². The van der Waals surface area contributed by atoms with Crippen LogP contribution in [0.5, 0.6) is 0 Å². The molecule has 0 amide bonds. The van der Waals surface area contributed by atoms with Crippen LogP contribution < -0.4 is 0 Å². The molecule has 2 heteroatoms. The first-order chi connectivity index (χ1) is 6.43. The van der Waals surface area contributed by atoms with Crippen LogP contribution in [0.15, 0.2) is 9.98 Å². The molecule has 0 aromatic heterocycles. The first kappa shape index (κ1) is 7.72. The molecule has 2 fully saturated rings. The van der Waals surface area contributed by atoms with E-state index in [1.165, 1.54) is 56.4 Å². The molecule has 2 nitrogen and oxygen atoms in total. The fourth-order valence-electron chi connectivity index (χ4n) is 2.77. The van der Waals surface area contributed by atoms with Crippen LogP contribution in [-0.4, -0.2) is 23.5 Å². The van der Waals surface area contributed by atoms with Gasteiger partial charge in [0.1, 0.15) is 0 Å². The van der Waals surface area contributed by atoms with E-state index >= 15 is 0 Å². The standard InChI is InChI=1S/C11H16N2/c1-2-5-9-8(4-1)12-10-6-3-7-11(10)13-9/h10-11H,1-7H2. The van der Waals surface area contributed by atoms with Crippen molar-refractivity contribution in [1.82, 2.24) is 0 Å². The first-order valence-corrected chi connectivity index (χ1v) is 5.57. The topological polar surface area (TPSA) is 24.7 Å². The van der Waals surface area contributed by atoms with Crippen molar-refractivity contribution in [2.45, 2.75) is 57.0 Å². The number of fused-ring (bicyclic) bond motifs is 2. The summed E-state index contributed by atoms with van der Waals surface area (Å²) in [4.78, 5) is 9.70. The van der Waals surface area contributed by atoms with E-state index < -0.39 is 0 Å². The molecule has 0 aromatic carbocycles. The highest BCUT2D eigenvalue weighted by Gasteiger charge is 2.32. The Hall–Kier alpha value is -0.660. The van der Waals surface area contributed by atoms with Crippen molar-refractivity contribution in [3.05, 3.63) is 0 Å². The summed E-state index contributed by atoms with van der Waals surface area (Å²) in [6, 6.07) is 1.13. The van der Waals surface area contributed by atoms with Gasteiger partial charge in [-0.2, -0.15) is 0 Å². The lowest BCUT2D eigenvalue weighted by molar-refractivity contribution is 0.590. The molecule has 0 spiro atoms. The van der Waals surface area contributed by atoms with Gasteiger partial charge in [-0.1, -0.05) is 0 Å². The van der Waals surface area contributed by atoms with Gasteiger partial charge >= 0.3 is 0 Å². The quantitative estimate of drug-likeness (QED) is 0.541. The largest absolute Gasteiger partial charge is 0.282 e. The predicted molar refractivity (Wildman–Crippen MR) is 54.8 cm³/mol. The summed E-state index contributed by atoms with van der Waals surface area (Å²) in [6.07, 6.45) is 8.95. The zero-order valence-electron chi connectivity index (χ0n) is 8.00. The third-order valence-electron chi connectivity index (χ3n) is 3.50. The SMILES string of the molecule is C1CCC2=NC3CCCC3N=C2C1. The van der Waals surface area contributed by atoms with Crippen molar-refractivity contribution in [3.63, 3.8) is 0 Å². The summed E-state index contributed by atoms with van der Waals surface area (Å²) in [5.41, 5.74) is 2.71. The smallest absolute Gasteiger partial charge is 0.0727 e. The predicted octanol–water partition coefficient (Wildman–Crippen LogP) is 2.38. The number of hydrogen-bond acceptors (Lipinski definition) is 2. The summed E-state index contributed by atoms with van der Waals surface area (Å²) < 4.78 is 0. The molecule has 2 saturated carbocycles. The van der Waals surface area contributed by atoms with Gasteiger partial charge in [0.15, 0.2) is 0 Å². The van der Waals surface area contributed by atoms with Crippen LogP contribution in [0.25, 0.3) is 0 Å². The fourth-order valence-corrected chi connectivity index (χ4v) is 2.77. The fraction of sp³-hybridized carbons (Fsp3) is 0.818. The minimum Gasteiger partial charge on any atom is -0.282 e. The molecule has 0 saturated heterocycles. The molecule has 2 atom stereocenters. The molecule has 0 bridgehead atoms. The van der Waals surface area contributed by atoms with Crippen molar-refractivity contribution in [1.29, 1.82) is 0 Å². The van der Waals surface area contributed by atoms with Crippen LogP contribution in [0.3, 0.4) is 0 Å². The van der Waals surface area contributed by atoms with Crippen molar-refractivity contribution in [3.8, 4) is 0 Å². The van der Waals surface area contributed by atoms with Gasteiger partial charge in [-0.05, 0) is 44.9 Å². The first-order valence-electron chi connectivity index (χ1n) is 5.57. The second kappa shape index (κ2) is 2.93. The van der Waals surface area contributed by atoms with Crippen LogP contribution in [0.2, 0.25) is 0 Å². The lowest BCUT2D eigenvalue weighted by Crippen LogP contribution is -2.31. The highest BCUT2D eigenvalue weighted by atomic mass is 15.0. The molecule has 3 aliphatic rings. The molecule has 2 unspecified atom stereocenters.